The smallest absolute Gasteiger partial charge is 0.232 e. The second-order valence-electron chi connectivity index (χ2n) is 7.25. The van der Waals surface area contributed by atoms with Crippen molar-refractivity contribution >= 4 is 27.8 Å². The molecule has 0 spiro atoms. The average Bonchev–Trinajstić information content (AvgIpc) is 3.37. The van der Waals surface area contributed by atoms with E-state index in [0.29, 0.717) is 17.9 Å². The summed E-state index contributed by atoms with van der Waals surface area (Å²) in [6.07, 6.45) is 3.66. The third kappa shape index (κ3) is 3.85. The van der Waals surface area contributed by atoms with Crippen LogP contribution in [0.5, 0.6) is 11.5 Å². The maximum atomic E-state index is 12.9. The van der Waals surface area contributed by atoms with Crippen molar-refractivity contribution in [2.45, 2.75) is 6.92 Å². The predicted molar refractivity (Wildman–Crippen MR) is 127 cm³/mol. The Morgan fingerprint density at radius 3 is 2.59 bits per heavy atom. The number of halogens is 1. The van der Waals surface area contributed by atoms with E-state index in [0.717, 1.165) is 32.7 Å². The second-order valence-corrected chi connectivity index (χ2v) is 8.17. The van der Waals surface area contributed by atoms with Crippen molar-refractivity contribution < 1.29 is 14.3 Å². The van der Waals surface area contributed by atoms with Gasteiger partial charge in [0.05, 0.1) is 17.9 Å². The molecule has 0 aliphatic carbocycles. The van der Waals surface area contributed by atoms with Crippen LogP contribution >= 0.6 is 15.9 Å². The highest BCUT2D eigenvalue weighted by Crippen LogP contribution is 2.35. The van der Waals surface area contributed by atoms with Crippen molar-refractivity contribution in [1.29, 1.82) is 0 Å². The lowest BCUT2D eigenvalue weighted by Crippen LogP contribution is -1.98. The summed E-state index contributed by atoms with van der Waals surface area (Å²) >= 11 is 3.42. The van der Waals surface area contributed by atoms with Gasteiger partial charge in [-0.3, -0.25) is 4.79 Å². The number of aromatic nitrogens is 2. The maximum absolute atomic E-state index is 12.9. The Kier molecular flexibility index (Phi) is 5.37. The van der Waals surface area contributed by atoms with Gasteiger partial charge >= 0.3 is 0 Å². The SMILES string of the molecule is CCOc1ccc(-c2nn(-c3ccccc3)cc2/C=C2\Oc3ccc(Br)cc3C2=O)cc1. The van der Waals surface area contributed by atoms with Crippen LogP contribution in [0.3, 0.4) is 0 Å². The fourth-order valence-corrected chi connectivity index (χ4v) is 3.97. The van der Waals surface area contributed by atoms with Crippen molar-refractivity contribution in [2.75, 3.05) is 6.61 Å². The molecule has 32 heavy (non-hydrogen) atoms. The number of ketones is 1. The highest BCUT2D eigenvalue weighted by Gasteiger charge is 2.28. The van der Waals surface area contributed by atoms with Gasteiger partial charge in [-0.05, 0) is 67.6 Å². The Balaban J connectivity index is 1.59. The van der Waals surface area contributed by atoms with Crippen molar-refractivity contribution in [3.8, 4) is 28.4 Å². The number of rotatable bonds is 5. The standard InChI is InChI=1S/C26H19BrN2O3/c1-2-31-21-11-8-17(9-12-21)25-18(16-29(28-25)20-6-4-3-5-7-20)14-24-26(30)22-15-19(27)10-13-23(22)32-24/h3-16H,2H2,1H3/b24-14-. The summed E-state index contributed by atoms with van der Waals surface area (Å²) in [5.41, 5.74) is 3.92. The van der Waals surface area contributed by atoms with E-state index in [-0.39, 0.29) is 11.5 Å². The molecule has 6 heteroatoms. The van der Waals surface area contributed by atoms with Gasteiger partial charge in [-0.25, -0.2) is 4.68 Å². The number of hydrogen-bond donors (Lipinski definition) is 0. The minimum atomic E-state index is -0.147. The van der Waals surface area contributed by atoms with Crippen LogP contribution in [-0.4, -0.2) is 22.2 Å². The van der Waals surface area contributed by atoms with Crippen molar-refractivity contribution in [1.82, 2.24) is 9.78 Å². The van der Waals surface area contributed by atoms with Gasteiger partial charge in [0.1, 0.15) is 17.2 Å². The zero-order valence-corrected chi connectivity index (χ0v) is 18.9. The molecule has 0 N–H and O–H groups in total. The zero-order chi connectivity index (χ0) is 22.1. The average molecular weight is 487 g/mol. The molecule has 0 saturated carbocycles. The Morgan fingerprint density at radius 1 is 1.06 bits per heavy atom. The molecule has 2 heterocycles. The van der Waals surface area contributed by atoms with Crippen LogP contribution in [0.25, 0.3) is 23.0 Å². The molecule has 0 amide bonds. The molecule has 158 valence electrons. The first-order valence-corrected chi connectivity index (χ1v) is 11.0. The van der Waals surface area contributed by atoms with Crippen molar-refractivity contribution in [3.63, 3.8) is 0 Å². The summed E-state index contributed by atoms with van der Waals surface area (Å²) in [4.78, 5) is 12.9. The lowest BCUT2D eigenvalue weighted by atomic mass is 10.1. The van der Waals surface area contributed by atoms with Gasteiger partial charge in [-0.1, -0.05) is 34.1 Å². The molecular formula is C26H19BrN2O3. The third-order valence-electron chi connectivity index (χ3n) is 5.12. The van der Waals surface area contributed by atoms with E-state index < -0.39 is 0 Å². The summed E-state index contributed by atoms with van der Waals surface area (Å²) in [5, 5.41) is 4.81. The molecule has 5 nitrogen and oxygen atoms in total. The first-order valence-electron chi connectivity index (χ1n) is 10.2. The topological polar surface area (TPSA) is 53.4 Å². The largest absolute Gasteiger partial charge is 0.494 e. The van der Waals surface area contributed by atoms with Gasteiger partial charge in [0.25, 0.3) is 0 Å². The van der Waals surface area contributed by atoms with Crippen LogP contribution in [0.2, 0.25) is 0 Å². The summed E-state index contributed by atoms with van der Waals surface area (Å²) in [6.45, 7) is 2.56. The van der Waals surface area contributed by atoms with Crippen LogP contribution in [0, 0.1) is 0 Å². The van der Waals surface area contributed by atoms with E-state index in [1.54, 1.807) is 22.9 Å². The number of benzene rings is 3. The number of Topliss-reactive ketones (excluding diaryl/α,β-unsaturated/α-hetero) is 1. The summed E-state index contributed by atoms with van der Waals surface area (Å²) in [7, 11) is 0. The summed E-state index contributed by atoms with van der Waals surface area (Å²) in [6, 6.07) is 23.0. The molecule has 1 aromatic heterocycles. The van der Waals surface area contributed by atoms with E-state index in [1.807, 2.05) is 73.8 Å². The fourth-order valence-electron chi connectivity index (χ4n) is 3.61. The minimum absolute atomic E-state index is 0.147. The molecule has 5 rings (SSSR count). The molecular weight excluding hydrogens is 468 g/mol. The Bertz CT molecular complexity index is 1330. The molecule has 0 bridgehead atoms. The number of fused-ring (bicyclic) bond motifs is 1. The lowest BCUT2D eigenvalue weighted by Gasteiger charge is -2.04. The van der Waals surface area contributed by atoms with Gasteiger partial charge in [-0.15, -0.1) is 0 Å². The summed E-state index contributed by atoms with van der Waals surface area (Å²) < 4.78 is 14.1. The van der Waals surface area contributed by atoms with E-state index in [1.165, 1.54) is 0 Å². The van der Waals surface area contributed by atoms with Gasteiger partial charge in [0.2, 0.25) is 5.78 Å². The van der Waals surface area contributed by atoms with E-state index in [4.69, 9.17) is 14.6 Å². The van der Waals surface area contributed by atoms with Crippen LogP contribution in [0.4, 0.5) is 0 Å². The predicted octanol–water partition coefficient (Wildman–Crippen LogP) is 6.32. The van der Waals surface area contributed by atoms with Gasteiger partial charge in [-0.2, -0.15) is 5.10 Å². The van der Waals surface area contributed by atoms with Crippen LogP contribution in [0.15, 0.2) is 89.2 Å². The highest BCUT2D eigenvalue weighted by molar-refractivity contribution is 9.10. The Morgan fingerprint density at radius 2 is 1.84 bits per heavy atom. The maximum Gasteiger partial charge on any atom is 0.232 e. The normalized spacial score (nSPS) is 13.8. The van der Waals surface area contributed by atoms with Gasteiger partial charge in [0, 0.05) is 21.8 Å². The van der Waals surface area contributed by atoms with E-state index in [9.17, 15) is 4.79 Å². The quantitative estimate of drug-likeness (QED) is 0.310. The molecule has 0 fully saturated rings. The second kappa shape index (κ2) is 8.48. The number of ether oxygens (including phenoxy) is 2. The van der Waals surface area contributed by atoms with Crippen LogP contribution < -0.4 is 9.47 Å². The molecule has 3 aromatic carbocycles. The summed E-state index contributed by atoms with van der Waals surface area (Å²) in [5.74, 6) is 1.49. The first-order chi connectivity index (χ1) is 15.6. The van der Waals surface area contributed by atoms with Crippen LogP contribution in [-0.2, 0) is 0 Å². The van der Waals surface area contributed by atoms with E-state index >= 15 is 0 Å². The monoisotopic (exact) mass is 486 g/mol. The minimum Gasteiger partial charge on any atom is -0.494 e. The molecule has 1 aliphatic rings. The fraction of sp³-hybridized carbons (Fsp3) is 0.0769. The number of nitrogens with zero attached hydrogens (tertiary/aromatic N) is 2. The lowest BCUT2D eigenvalue weighted by molar-refractivity contribution is 0.101. The molecule has 4 aromatic rings. The number of carbonyl (C=O) groups excluding carboxylic acids is 1. The zero-order valence-electron chi connectivity index (χ0n) is 17.3. The van der Waals surface area contributed by atoms with Crippen molar-refractivity contribution in [3.05, 3.63) is 100 Å². The molecule has 1 aliphatic heterocycles. The number of hydrogen-bond acceptors (Lipinski definition) is 4. The van der Waals surface area contributed by atoms with Crippen LogP contribution in [0.1, 0.15) is 22.8 Å². The third-order valence-corrected chi connectivity index (χ3v) is 5.61. The van der Waals surface area contributed by atoms with Gasteiger partial charge in [0.15, 0.2) is 5.76 Å². The highest BCUT2D eigenvalue weighted by atomic mass is 79.9. The van der Waals surface area contributed by atoms with E-state index in [2.05, 4.69) is 15.9 Å². The number of allylic oxidation sites excluding steroid dienone is 1. The van der Waals surface area contributed by atoms with Crippen molar-refractivity contribution in [2.24, 2.45) is 0 Å². The Labute approximate surface area is 194 Å². The van der Waals surface area contributed by atoms with Gasteiger partial charge < -0.3 is 9.47 Å². The molecule has 0 saturated heterocycles. The molecule has 0 atom stereocenters. The molecule has 0 radical (unpaired) electrons. The first kappa shape index (κ1) is 20.3. The number of para-hydroxylation sites is 1. The Hall–Kier alpha value is -3.64. The number of carbonyl (C=O) groups is 1. The molecule has 0 unspecified atom stereocenters.